The van der Waals surface area contributed by atoms with E-state index in [0.717, 1.165) is 37.8 Å². The molecule has 1 aromatic heterocycles. The van der Waals surface area contributed by atoms with Crippen LogP contribution in [0.4, 0.5) is 5.82 Å². The molecule has 0 radical (unpaired) electrons. The highest BCUT2D eigenvalue weighted by Crippen LogP contribution is 2.25. The van der Waals surface area contributed by atoms with Gasteiger partial charge in [-0.2, -0.15) is 0 Å². The Kier molecular flexibility index (Phi) is 9.23. The second kappa shape index (κ2) is 10.4. The third-order valence-corrected chi connectivity index (χ3v) is 4.30. The van der Waals surface area contributed by atoms with Crippen molar-refractivity contribution in [3.8, 4) is 0 Å². The molecular weight excluding hydrogens is 453 g/mol. The van der Waals surface area contributed by atoms with Crippen molar-refractivity contribution in [2.24, 2.45) is 10.4 Å². The van der Waals surface area contributed by atoms with Gasteiger partial charge in [-0.15, -0.1) is 24.0 Å². The Morgan fingerprint density at radius 3 is 2.92 bits per heavy atom. The van der Waals surface area contributed by atoms with Crippen LogP contribution < -0.4 is 15.5 Å². The Hall–Kier alpha value is -0.800. The molecule has 2 heterocycles. The molecule has 1 unspecified atom stereocenters. The fourth-order valence-electron chi connectivity index (χ4n) is 2.54. The van der Waals surface area contributed by atoms with Crippen LogP contribution in [0.3, 0.4) is 0 Å². The van der Waals surface area contributed by atoms with Gasteiger partial charge < -0.3 is 20.6 Å². The van der Waals surface area contributed by atoms with Crippen LogP contribution in [-0.4, -0.2) is 54.9 Å². The molecule has 0 spiro atoms. The molecule has 8 heteroatoms. The number of hydrogen-bond donors (Lipinski definition) is 3. The largest absolute Gasteiger partial charge is 0.396 e. The number of nitrogens with zero attached hydrogens (tertiary/aromatic N) is 3. The molecule has 3 N–H and O–H groups in total. The monoisotopic (exact) mass is 481 g/mol. The lowest BCUT2D eigenvalue weighted by molar-refractivity contribution is 0.167. The van der Waals surface area contributed by atoms with Crippen LogP contribution in [0.15, 0.2) is 23.3 Å². The molecule has 142 valence electrons. The average molecular weight is 482 g/mol. The molecule has 0 amide bonds. The Morgan fingerprint density at radius 2 is 2.28 bits per heavy atom. The fourth-order valence-corrected chi connectivity index (χ4v) is 2.78. The summed E-state index contributed by atoms with van der Waals surface area (Å²) in [5.41, 5.74) is -0.217. The van der Waals surface area contributed by atoms with Gasteiger partial charge in [-0.3, -0.25) is 4.99 Å². The van der Waals surface area contributed by atoms with Crippen molar-refractivity contribution in [2.45, 2.75) is 33.2 Å². The number of aliphatic hydroxyl groups is 1. The molecule has 2 rings (SSSR count). The van der Waals surface area contributed by atoms with Crippen LogP contribution in [0.5, 0.6) is 0 Å². The van der Waals surface area contributed by atoms with Crippen LogP contribution in [0.2, 0.25) is 5.02 Å². The normalized spacial score (nSPS) is 18.0. The van der Waals surface area contributed by atoms with Gasteiger partial charge >= 0.3 is 0 Å². The highest BCUT2D eigenvalue weighted by Gasteiger charge is 2.25. The van der Waals surface area contributed by atoms with E-state index in [9.17, 15) is 5.11 Å². The van der Waals surface area contributed by atoms with E-state index in [0.29, 0.717) is 11.6 Å². The lowest BCUT2D eigenvalue weighted by atomic mass is 9.95. The minimum Gasteiger partial charge on any atom is -0.396 e. The summed E-state index contributed by atoms with van der Waals surface area (Å²) in [5, 5.41) is 16.8. The maximum Gasteiger partial charge on any atom is 0.191 e. The molecule has 1 saturated heterocycles. The summed E-state index contributed by atoms with van der Waals surface area (Å²) in [6.45, 7) is 9.28. The Morgan fingerprint density at radius 1 is 1.52 bits per heavy atom. The van der Waals surface area contributed by atoms with Crippen molar-refractivity contribution in [2.75, 3.05) is 37.7 Å². The second-order valence-electron chi connectivity index (χ2n) is 6.90. The smallest absolute Gasteiger partial charge is 0.191 e. The standard InChI is InChI=1S/C17H28ClN5O.HI/c1-4-19-16(21-11-17(2,3)12-24)22-13-7-9-23(10-13)15-14(18)6-5-8-20-15;/h5-6,8,13,24H,4,7,9-12H2,1-3H3,(H2,19,21,22);1H. The van der Waals surface area contributed by atoms with Crippen molar-refractivity contribution >= 4 is 47.4 Å². The first-order valence-electron chi connectivity index (χ1n) is 8.46. The SMILES string of the molecule is CCNC(=NCC(C)(C)CO)NC1CCN(c2ncccc2Cl)C1.I. The second-order valence-corrected chi connectivity index (χ2v) is 7.31. The third kappa shape index (κ3) is 6.79. The zero-order valence-electron chi connectivity index (χ0n) is 15.1. The fraction of sp³-hybridized carbons (Fsp3) is 0.647. The van der Waals surface area contributed by atoms with Gasteiger partial charge in [0.25, 0.3) is 0 Å². The summed E-state index contributed by atoms with van der Waals surface area (Å²) >= 11 is 6.24. The van der Waals surface area contributed by atoms with Crippen molar-refractivity contribution < 1.29 is 5.11 Å². The van der Waals surface area contributed by atoms with E-state index in [4.69, 9.17) is 11.6 Å². The van der Waals surface area contributed by atoms with E-state index < -0.39 is 0 Å². The molecule has 0 aromatic carbocycles. The summed E-state index contributed by atoms with van der Waals surface area (Å²) < 4.78 is 0. The van der Waals surface area contributed by atoms with Crippen molar-refractivity contribution in [3.05, 3.63) is 23.4 Å². The van der Waals surface area contributed by atoms with Gasteiger partial charge in [0.1, 0.15) is 5.82 Å². The number of hydrogen-bond acceptors (Lipinski definition) is 4. The number of aromatic nitrogens is 1. The lowest BCUT2D eigenvalue weighted by Gasteiger charge is -2.22. The first-order chi connectivity index (χ1) is 11.4. The summed E-state index contributed by atoms with van der Waals surface area (Å²) in [6.07, 6.45) is 2.77. The molecule has 1 aliphatic heterocycles. The lowest BCUT2D eigenvalue weighted by Crippen LogP contribution is -2.45. The van der Waals surface area contributed by atoms with Gasteiger partial charge in [-0.05, 0) is 25.5 Å². The molecule has 1 atom stereocenters. The van der Waals surface area contributed by atoms with Crippen LogP contribution in [0, 0.1) is 5.41 Å². The first kappa shape index (κ1) is 22.2. The van der Waals surface area contributed by atoms with Gasteiger partial charge in [-0.25, -0.2) is 4.98 Å². The van der Waals surface area contributed by atoms with Gasteiger partial charge in [0, 0.05) is 43.9 Å². The minimum absolute atomic E-state index is 0. The molecule has 6 nitrogen and oxygen atoms in total. The van der Waals surface area contributed by atoms with Gasteiger partial charge in [0.2, 0.25) is 0 Å². The van der Waals surface area contributed by atoms with Crippen molar-refractivity contribution in [1.82, 2.24) is 15.6 Å². The van der Waals surface area contributed by atoms with Crippen LogP contribution in [0.25, 0.3) is 0 Å². The number of anilines is 1. The number of aliphatic imine (C=N–C) groups is 1. The maximum atomic E-state index is 9.37. The molecule has 25 heavy (non-hydrogen) atoms. The molecular formula is C17H29ClIN5O. The zero-order valence-corrected chi connectivity index (χ0v) is 18.2. The van der Waals surface area contributed by atoms with Gasteiger partial charge in [-0.1, -0.05) is 25.4 Å². The van der Waals surface area contributed by atoms with E-state index in [1.54, 1.807) is 6.20 Å². The molecule has 1 aromatic rings. The summed E-state index contributed by atoms with van der Waals surface area (Å²) in [6, 6.07) is 4.00. The topological polar surface area (TPSA) is 72.8 Å². The Labute approximate surface area is 172 Å². The predicted octanol–water partition coefficient (Wildman–Crippen LogP) is 2.51. The summed E-state index contributed by atoms with van der Waals surface area (Å²) in [5.74, 6) is 1.63. The number of nitrogens with one attached hydrogen (secondary N) is 2. The summed E-state index contributed by atoms with van der Waals surface area (Å²) in [4.78, 5) is 11.2. The van der Waals surface area contributed by atoms with Crippen LogP contribution in [0.1, 0.15) is 27.2 Å². The summed E-state index contributed by atoms with van der Waals surface area (Å²) in [7, 11) is 0. The molecule has 0 aliphatic carbocycles. The molecule has 0 saturated carbocycles. The molecule has 1 aliphatic rings. The number of pyridine rings is 1. The van der Waals surface area contributed by atoms with Crippen LogP contribution >= 0.6 is 35.6 Å². The molecule has 1 fully saturated rings. The van der Waals surface area contributed by atoms with Crippen LogP contribution in [-0.2, 0) is 0 Å². The van der Waals surface area contributed by atoms with E-state index in [1.165, 1.54) is 0 Å². The van der Waals surface area contributed by atoms with Gasteiger partial charge in [0.05, 0.1) is 11.6 Å². The first-order valence-corrected chi connectivity index (χ1v) is 8.84. The van der Waals surface area contributed by atoms with E-state index in [2.05, 4.69) is 25.5 Å². The Balaban J connectivity index is 0.00000312. The molecule has 0 bridgehead atoms. The Bertz CT molecular complexity index is 570. The predicted molar refractivity (Wildman–Crippen MR) is 115 cm³/mol. The van der Waals surface area contributed by atoms with Crippen molar-refractivity contribution in [3.63, 3.8) is 0 Å². The van der Waals surface area contributed by atoms with Crippen molar-refractivity contribution in [1.29, 1.82) is 0 Å². The highest BCUT2D eigenvalue weighted by molar-refractivity contribution is 14.0. The minimum atomic E-state index is -0.217. The number of halogens is 2. The zero-order chi connectivity index (χ0) is 17.6. The third-order valence-electron chi connectivity index (χ3n) is 4.01. The number of aliphatic hydroxyl groups excluding tert-OH is 1. The highest BCUT2D eigenvalue weighted by atomic mass is 127. The number of rotatable bonds is 6. The van der Waals surface area contributed by atoms with E-state index in [1.807, 2.05) is 32.9 Å². The average Bonchev–Trinajstić information content (AvgIpc) is 3.02. The number of guanidine groups is 1. The maximum absolute atomic E-state index is 9.37. The van der Waals surface area contributed by atoms with E-state index in [-0.39, 0.29) is 42.0 Å². The van der Waals surface area contributed by atoms with Gasteiger partial charge in [0.15, 0.2) is 5.96 Å². The quantitative estimate of drug-likeness (QED) is 0.331. The van der Waals surface area contributed by atoms with E-state index >= 15 is 0 Å².